The van der Waals surface area contributed by atoms with Crippen LogP contribution in [0.15, 0.2) is 23.5 Å². The van der Waals surface area contributed by atoms with Crippen LogP contribution >= 0.6 is 0 Å². The first kappa shape index (κ1) is 15.6. The number of aromatic nitrogens is 2. The predicted octanol–water partition coefficient (Wildman–Crippen LogP) is 0.727. The van der Waals surface area contributed by atoms with Crippen LogP contribution in [0.5, 0.6) is 0 Å². The molecule has 3 heterocycles. The van der Waals surface area contributed by atoms with E-state index in [9.17, 15) is 0 Å². The number of hydrogen-bond donors (Lipinski definition) is 1. The maximum absolute atomic E-state index is 6.33. The number of nitrogens with two attached hydrogens (primary N) is 1. The van der Waals surface area contributed by atoms with Crippen molar-refractivity contribution >= 4 is 11.9 Å². The van der Waals surface area contributed by atoms with Gasteiger partial charge in [-0.3, -0.25) is 0 Å². The number of aliphatic imine (C=N–C) groups is 1. The van der Waals surface area contributed by atoms with Gasteiger partial charge in [-0.05, 0) is 12.5 Å². The van der Waals surface area contributed by atoms with Crippen LogP contribution in [0.4, 0.5) is 5.95 Å². The average Bonchev–Trinajstić information content (AvgIpc) is 3.07. The van der Waals surface area contributed by atoms with E-state index < -0.39 is 0 Å². The molecule has 1 aliphatic carbocycles. The fourth-order valence-corrected chi connectivity index (χ4v) is 4.37. The van der Waals surface area contributed by atoms with E-state index in [4.69, 9.17) is 15.5 Å². The van der Waals surface area contributed by atoms with Crippen LogP contribution in [-0.4, -0.2) is 65.8 Å². The first-order valence-corrected chi connectivity index (χ1v) is 8.79. The molecule has 0 amide bonds. The Morgan fingerprint density at radius 2 is 1.96 bits per heavy atom. The molecule has 130 valence electrons. The molecule has 3 aliphatic rings. The molecule has 0 bridgehead atoms. The van der Waals surface area contributed by atoms with E-state index in [-0.39, 0.29) is 11.5 Å². The molecule has 24 heavy (non-hydrogen) atoms. The van der Waals surface area contributed by atoms with E-state index in [2.05, 4.69) is 33.6 Å². The molecule has 1 aromatic heterocycles. The average molecular weight is 330 g/mol. The van der Waals surface area contributed by atoms with Crippen molar-refractivity contribution in [3.63, 3.8) is 0 Å². The van der Waals surface area contributed by atoms with Crippen molar-refractivity contribution in [2.75, 3.05) is 37.7 Å². The third kappa shape index (κ3) is 2.51. The molecule has 7 heteroatoms. The van der Waals surface area contributed by atoms with Gasteiger partial charge in [-0.25, -0.2) is 15.0 Å². The molecule has 4 rings (SSSR count). The van der Waals surface area contributed by atoms with Crippen LogP contribution in [0.2, 0.25) is 0 Å². The highest BCUT2D eigenvalue weighted by atomic mass is 16.5. The van der Waals surface area contributed by atoms with Crippen molar-refractivity contribution in [1.29, 1.82) is 0 Å². The molecule has 7 nitrogen and oxygen atoms in total. The van der Waals surface area contributed by atoms with Gasteiger partial charge in [0.15, 0.2) is 5.96 Å². The fourth-order valence-electron chi connectivity index (χ4n) is 4.37. The van der Waals surface area contributed by atoms with Gasteiger partial charge in [0.2, 0.25) is 5.95 Å². The van der Waals surface area contributed by atoms with E-state index in [0.29, 0.717) is 18.0 Å². The number of fused-ring (bicyclic) bond motifs is 1. The van der Waals surface area contributed by atoms with Crippen LogP contribution in [0.3, 0.4) is 0 Å². The largest absolute Gasteiger partial charge is 0.377 e. The van der Waals surface area contributed by atoms with Gasteiger partial charge in [-0.2, -0.15) is 0 Å². The topological polar surface area (TPSA) is 79.9 Å². The summed E-state index contributed by atoms with van der Waals surface area (Å²) in [6.07, 6.45) is 5.02. The second kappa shape index (κ2) is 5.88. The summed E-state index contributed by atoms with van der Waals surface area (Å²) in [7, 11) is 0. The maximum Gasteiger partial charge on any atom is 0.225 e. The molecule has 0 radical (unpaired) electrons. The Morgan fingerprint density at radius 1 is 1.25 bits per heavy atom. The fraction of sp³-hybridized carbons (Fsp3) is 0.706. The number of nitrogens with zero attached hydrogens (tertiary/aromatic N) is 5. The van der Waals surface area contributed by atoms with E-state index >= 15 is 0 Å². The molecule has 2 N–H and O–H groups in total. The van der Waals surface area contributed by atoms with Crippen molar-refractivity contribution in [2.45, 2.75) is 32.4 Å². The minimum atomic E-state index is 0.0888. The third-order valence-electron chi connectivity index (χ3n) is 5.75. The Hall–Kier alpha value is -1.89. The molecular weight excluding hydrogens is 304 g/mol. The number of rotatable bonds is 2. The summed E-state index contributed by atoms with van der Waals surface area (Å²) in [5.74, 6) is 2.00. The second-order valence-corrected chi connectivity index (χ2v) is 7.52. The lowest BCUT2D eigenvalue weighted by Crippen LogP contribution is -2.60. The van der Waals surface area contributed by atoms with Crippen LogP contribution in [0.25, 0.3) is 0 Å². The first-order valence-electron chi connectivity index (χ1n) is 8.79. The summed E-state index contributed by atoms with van der Waals surface area (Å²) in [5, 5.41) is 0. The summed E-state index contributed by atoms with van der Waals surface area (Å²) < 4.78 is 5.84. The number of piperazine rings is 1. The Balaban J connectivity index is 1.39. The first-order chi connectivity index (χ1) is 11.6. The molecular formula is C17H26N6O. The number of ether oxygens (including phenoxy) is 1. The van der Waals surface area contributed by atoms with Gasteiger partial charge in [0.05, 0.1) is 12.1 Å². The Labute approximate surface area is 142 Å². The third-order valence-corrected chi connectivity index (χ3v) is 5.75. The summed E-state index contributed by atoms with van der Waals surface area (Å²) in [6, 6.07) is 2.12. The Bertz CT molecular complexity index is 611. The van der Waals surface area contributed by atoms with Gasteiger partial charge < -0.3 is 20.3 Å². The normalized spacial score (nSPS) is 32.4. The molecule has 1 aromatic rings. The molecule has 3 unspecified atom stereocenters. The van der Waals surface area contributed by atoms with Crippen molar-refractivity contribution in [2.24, 2.45) is 22.1 Å². The summed E-state index contributed by atoms with van der Waals surface area (Å²) in [4.78, 5) is 17.9. The minimum absolute atomic E-state index is 0.0888. The SMILES string of the molecule is CC1(C)C(N=C(N)N2CCN(c3ncccn3)CC2)C2CCOC21. The van der Waals surface area contributed by atoms with E-state index in [1.54, 1.807) is 12.4 Å². The van der Waals surface area contributed by atoms with Crippen LogP contribution in [0.1, 0.15) is 20.3 Å². The number of hydrogen-bond acceptors (Lipinski definition) is 5. The number of guanidine groups is 1. The zero-order valence-electron chi connectivity index (χ0n) is 14.4. The summed E-state index contributed by atoms with van der Waals surface area (Å²) in [6.45, 7) is 8.78. The highest BCUT2D eigenvalue weighted by molar-refractivity contribution is 5.78. The van der Waals surface area contributed by atoms with E-state index in [0.717, 1.165) is 45.2 Å². The van der Waals surface area contributed by atoms with Crippen molar-refractivity contribution in [1.82, 2.24) is 14.9 Å². The highest BCUT2D eigenvalue weighted by Gasteiger charge is 2.59. The van der Waals surface area contributed by atoms with E-state index in [1.807, 2.05) is 6.07 Å². The van der Waals surface area contributed by atoms with Gasteiger partial charge in [-0.1, -0.05) is 13.8 Å². The summed E-state index contributed by atoms with van der Waals surface area (Å²) in [5.41, 5.74) is 6.42. The van der Waals surface area contributed by atoms with Crippen LogP contribution in [0, 0.1) is 11.3 Å². The van der Waals surface area contributed by atoms with Gasteiger partial charge in [0.1, 0.15) is 0 Å². The van der Waals surface area contributed by atoms with E-state index in [1.165, 1.54) is 0 Å². The van der Waals surface area contributed by atoms with Gasteiger partial charge in [-0.15, -0.1) is 0 Å². The lowest BCUT2D eigenvalue weighted by Gasteiger charge is -2.52. The number of anilines is 1. The molecule has 2 saturated heterocycles. The Morgan fingerprint density at radius 3 is 2.67 bits per heavy atom. The summed E-state index contributed by atoms with van der Waals surface area (Å²) >= 11 is 0. The molecule has 0 aromatic carbocycles. The van der Waals surface area contributed by atoms with Crippen molar-refractivity contribution in [3.05, 3.63) is 18.5 Å². The van der Waals surface area contributed by atoms with Crippen molar-refractivity contribution in [3.8, 4) is 0 Å². The van der Waals surface area contributed by atoms with Gasteiger partial charge in [0, 0.05) is 56.5 Å². The minimum Gasteiger partial charge on any atom is -0.377 e. The predicted molar refractivity (Wildman–Crippen MR) is 92.9 cm³/mol. The lowest BCUT2D eigenvalue weighted by atomic mass is 9.57. The lowest BCUT2D eigenvalue weighted by molar-refractivity contribution is -0.0988. The van der Waals surface area contributed by atoms with Crippen LogP contribution < -0.4 is 10.6 Å². The Kier molecular flexibility index (Phi) is 3.83. The molecule has 1 saturated carbocycles. The molecule has 3 atom stereocenters. The monoisotopic (exact) mass is 330 g/mol. The standard InChI is InChI=1S/C17H26N6O/c1-17(2)13(12-4-11-24-14(12)17)21-15(18)22-7-9-23(10-8-22)16-19-5-3-6-20-16/h3,5-6,12-14H,4,7-11H2,1-2H3,(H2,18,21). The smallest absolute Gasteiger partial charge is 0.225 e. The molecule has 0 spiro atoms. The zero-order valence-corrected chi connectivity index (χ0v) is 14.4. The second-order valence-electron chi connectivity index (χ2n) is 7.52. The highest BCUT2D eigenvalue weighted by Crippen LogP contribution is 2.53. The zero-order chi connectivity index (χ0) is 16.7. The molecule has 2 aliphatic heterocycles. The van der Waals surface area contributed by atoms with Gasteiger partial charge >= 0.3 is 0 Å². The quantitative estimate of drug-likeness (QED) is 0.636. The van der Waals surface area contributed by atoms with Crippen LogP contribution in [-0.2, 0) is 4.74 Å². The maximum atomic E-state index is 6.33. The van der Waals surface area contributed by atoms with Gasteiger partial charge in [0.25, 0.3) is 0 Å². The van der Waals surface area contributed by atoms with Crippen molar-refractivity contribution < 1.29 is 4.74 Å². The molecule has 3 fully saturated rings.